The number of fused-ring (bicyclic) bond motifs is 1. The summed E-state index contributed by atoms with van der Waals surface area (Å²) in [4.78, 5) is 46.5. The summed E-state index contributed by atoms with van der Waals surface area (Å²) >= 11 is 1.16. The summed E-state index contributed by atoms with van der Waals surface area (Å²) in [6.45, 7) is 5.70. The van der Waals surface area contributed by atoms with E-state index in [1.807, 2.05) is 45.0 Å². The number of hydrogen-bond acceptors (Lipinski definition) is 6. The molecule has 0 aliphatic heterocycles. The summed E-state index contributed by atoms with van der Waals surface area (Å²) in [6.07, 6.45) is 0. The van der Waals surface area contributed by atoms with Crippen LogP contribution in [0.4, 0.5) is 0 Å². The summed E-state index contributed by atoms with van der Waals surface area (Å²) in [5.41, 5.74) is 1.07. The average Bonchev–Trinajstić information content (AvgIpc) is 2.68. The quantitative estimate of drug-likeness (QED) is 0.504. The van der Waals surface area contributed by atoms with Crippen LogP contribution in [0.3, 0.4) is 0 Å². The van der Waals surface area contributed by atoms with Crippen molar-refractivity contribution < 1.29 is 4.79 Å². The number of nitrogens with one attached hydrogen (secondary N) is 1. The van der Waals surface area contributed by atoms with Gasteiger partial charge in [-0.05, 0) is 26.3 Å². The fraction of sp³-hybridized carbons (Fsp3) is 0.350. The molecule has 2 heterocycles. The molecule has 3 aromatic rings. The van der Waals surface area contributed by atoms with E-state index in [0.717, 1.165) is 27.5 Å². The number of aryl methyl sites for hydroxylation is 2. The Morgan fingerprint density at radius 1 is 1.14 bits per heavy atom. The predicted octanol–water partition coefficient (Wildman–Crippen LogP) is 1.62. The van der Waals surface area contributed by atoms with E-state index in [4.69, 9.17) is 0 Å². The molecule has 3 rings (SSSR count). The number of nitrogens with zero attached hydrogens (tertiary/aromatic N) is 4. The van der Waals surface area contributed by atoms with Crippen LogP contribution in [0.5, 0.6) is 0 Å². The van der Waals surface area contributed by atoms with Crippen molar-refractivity contribution in [3.63, 3.8) is 0 Å². The molecule has 0 spiro atoms. The molecular weight excluding hydrogens is 390 g/mol. The number of rotatable bonds is 5. The van der Waals surface area contributed by atoms with Gasteiger partial charge in [0.25, 0.3) is 5.56 Å². The number of aromatic nitrogens is 4. The molecule has 0 bridgehead atoms. The van der Waals surface area contributed by atoms with Gasteiger partial charge in [-0.25, -0.2) is 14.8 Å². The van der Waals surface area contributed by atoms with Crippen molar-refractivity contribution in [3.05, 3.63) is 50.7 Å². The molecule has 9 heteroatoms. The van der Waals surface area contributed by atoms with Gasteiger partial charge in [-0.3, -0.25) is 18.7 Å². The summed E-state index contributed by atoms with van der Waals surface area (Å²) < 4.78 is 2.36. The second-order valence-electron chi connectivity index (χ2n) is 7.08. The summed E-state index contributed by atoms with van der Waals surface area (Å²) in [5.74, 6) is 0.352. The van der Waals surface area contributed by atoms with Gasteiger partial charge < -0.3 is 5.32 Å². The van der Waals surface area contributed by atoms with Crippen molar-refractivity contribution in [1.82, 2.24) is 24.4 Å². The van der Waals surface area contributed by atoms with E-state index in [0.29, 0.717) is 10.9 Å². The molecule has 0 aliphatic carbocycles. The Balaban J connectivity index is 2.24. The summed E-state index contributed by atoms with van der Waals surface area (Å²) in [5, 5.41) is 3.43. The summed E-state index contributed by atoms with van der Waals surface area (Å²) in [6, 6.07) is 7.63. The number of thioether (sulfide) groups is 1. The number of amides is 1. The Labute approximate surface area is 172 Å². The first kappa shape index (κ1) is 20.8. The molecule has 8 nitrogen and oxygen atoms in total. The van der Waals surface area contributed by atoms with Gasteiger partial charge in [0.15, 0.2) is 11.5 Å². The van der Waals surface area contributed by atoms with Gasteiger partial charge >= 0.3 is 5.69 Å². The van der Waals surface area contributed by atoms with Crippen molar-refractivity contribution >= 4 is 28.7 Å². The highest BCUT2D eigenvalue weighted by molar-refractivity contribution is 8.00. The van der Waals surface area contributed by atoms with Gasteiger partial charge in [0.2, 0.25) is 5.91 Å². The highest BCUT2D eigenvalue weighted by Gasteiger charge is 2.19. The third kappa shape index (κ3) is 4.09. The predicted molar refractivity (Wildman–Crippen MR) is 114 cm³/mol. The lowest BCUT2D eigenvalue weighted by Crippen LogP contribution is -2.38. The van der Waals surface area contributed by atoms with Gasteiger partial charge in [-0.1, -0.05) is 36.0 Å². The Hall–Kier alpha value is -2.94. The first-order valence-corrected chi connectivity index (χ1v) is 10.1. The standard InChI is InChI=1S/C20H23N5O3S/c1-11(2)21-14(26)10-29-18-15-17(24(4)20(28)25(5)19(15)27)22-16(23-18)13-9-7-6-8-12(13)3/h6-9,11H,10H2,1-5H3,(H,21,26). The largest absolute Gasteiger partial charge is 0.353 e. The zero-order valence-electron chi connectivity index (χ0n) is 17.0. The zero-order valence-corrected chi connectivity index (χ0v) is 17.8. The molecule has 0 saturated carbocycles. The van der Waals surface area contributed by atoms with Crippen LogP contribution in [0.25, 0.3) is 22.4 Å². The molecule has 1 aromatic carbocycles. The minimum absolute atomic E-state index is 0.0152. The van der Waals surface area contributed by atoms with Gasteiger partial charge in [-0.15, -0.1) is 0 Å². The first-order valence-electron chi connectivity index (χ1n) is 9.16. The van der Waals surface area contributed by atoms with Crippen LogP contribution in [-0.4, -0.2) is 36.8 Å². The maximum Gasteiger partial charge on any atom is 0.332 e. The van der Waals surface area contributed by atoms with Crippen molar-refractivity contribution in [2.75, 3.05) is 5.75 Å². The van der Waals surface area contributed by atoms with E-state index in [2.05, 4.69) is 15.3 Å². The number of benzene rings is 1. The molecule has 0 unspecified atom stereocenters. The summed E-state index contributed by atoms with van der Waals surface area (Å²) in [7, 11) is 2.98. The Morgan fingerprint density at radius 2 is 1.83 bits per heavy atom. The monoisotopic (exact) mass is 413 g/mol. The molecular formula is C20H23N5O3S. The number of hydrogen-bond donors (Lipinski definition) is 1. The van der Waals surface area contributed by atoms with Crippen LogP contribution in [0.1, 0.15) is 19.4 Å². The highest BCUT2D eigenvalue weighted by Crippen LogP contribution is 2.27. The van der Waals surface area contributed by atoms with Crippen LogP contribution in [-0.2, 0) is 18.9 Å². The fourth-order valence-electron chi connectivity index (χ4n) is 2.98. The Morgan fingerprint density at radius 3 is 2.48 bits per heavy atom. The van der Waals surface area contributed by atoms with Crippen molar-refractivity contribution in [2.24, 2.45) is 14.1 Å². The molecule has 152 valence electrons. The highest BCUT2D eigenvalue weighted by atomic mass is 32.2. The molecule has 0 atom stereocenters. The lowest BCUT2D eigenvalue weighted by molar-refractivity contribution is -0.119. The third-order valence-electron chi connectivity index (χ3n) is 4.44. The molecule has 0 aliphatic rings. The lowest BCUT2D eigenvalue weighted by atomic mass is 10.1. The van der Waals surface area contributed by atoms with E-state index < -0.39 is 11.2 Å². The minimum Gasteiger partial charge on any atom is -0.353 e. The molecule has 29 heavy (non-hydrogen) atoms. The maximum atomic E-state index is 12.8. The minimum atomic E-state index is -0.480. The van der Waals surface area contributed by atoms with Crippen LogP contribution < -0.4 is 16.6 Å². The molecule has 2 aromatic heterocycles. The van der Waals surface area contributed by atoms with E-state index in [1.54, 1.807) is 7.05 Å². The van der Waals surface area contributed by atoms with Crippen LogP contribution in [0, 0.1) is 6.92 Å². The second-order valence-corrected chi connectivity index (χ2v) is 8.05. The second kappa shape index (κ2) is 8.20. The van der Waals surface area contributed by atoms with Gasteiger partial charge in [0.05, 0.1) is 5.75 Å². The number of carbonyl (C=O) groups is 1. The van der Waals surface area contributed by atoms with Crippen molar-refractivity contribution in [1.29, 1.82) is 0 Å². The van der Waals surface area contributed by atoms with Crippen LogP contribution in [0.15, 0.2) is 38.9 Å². The zero-order chi connectivity index (χ0) is 21.3. The van der Waals surface area contributed by atoms with E-state index >= 15 is 0 Å². The van der Waals surface area contributed by atoms with Crippen molar-refractivity contribution in [3.8, 4) is 11.4 Å². The molecule has 0 radical (unpaired) electrons. The molecule has 0 fully saturated rings. The lowest BCUT2D eigenvalue weighted by Gasteiger charge is -2.13. The SMILES string of the molecule is Cc1ccccc1-c1nc(SCC(=O)NC(C)C)c2c(=O)n(C)c(=O)n(C)c2n1. The third-order valence-corrected chi connectivity index (χ3v) is 5.42. The molecule has 1 N–H and O–H groups in total. The smallest absolute Gasteiger partial charge is 0.332 e. The topological polar surface area (TPSA) is 98.9 Å². The van der Waals surface area contributed by atoms with Crippen LogP contribution >= 0.6 is 11.8 Å². The van der Waals surface area contributed by atoms with Gasteiger partial charge in [-0.2, -0.15) is 0 Å². The van der Waals surface area contributed by atoms with E-state index in [1.165, 1.54) is 11.6 Å². The van der Waals surface area contributed by atoms with Crippen LogP contribution in [0.2, 0.25) is 0 Å². The van der Waals surface area contributed by atoms with E-state index in [-0.39, 0.29) is 28.7 Å². The van der Waals surface area contributed by atoms with E-state index in [9.17, 15) is 14.4 Å². The van der Waals surface area contributed by atoms with Crippen molar-refractivity contribution in [2.45, 2.75) is 31.8 Å². The fourth-order valence-corrected chi connectivity index (χ4v) is 3.80. The average molecular weight is 414 g/mol. The number of carbonyl (C=O) groups excluding carboxylic acids is 1. The normalized spacial score (nSPS) is 11.2. The molecule has 1 amide bonds. The maximum absolute atomic E-state index is 12.8. The first-order chi connectivity index (χ1) is 13.7. The Kier molecular flexibility index (Phi) is 5.88. The van der Waals surface area contributed by atoms with Gasteiger partial charge in [0.1, 0.15) is 10.4 Å². The molecule has 0 saturated heterocycles. The Bertz CT molecular complexity index is 1210. The van der Waals surface area contributed by atoms with Gasteiger partial charge in [0, 0.05) is 25.7 Å².